The lowest BCUT2D eigenvalue weighted by molar-refractivity contribution is 0.196. The third-order valence-electron chi connectivity index (χ3n) is 4.50. The van der Waals surface area contributed by atoms with Crippen LogP contribution in [0.25, 0.3) is 11.4 Å². The van der Waals surface area contributed by atoms with Crippen molar-refractivity contribution in [3.8, 4) is 17.1 Å². The summed E-state index contributed by atoms with van der Waals surface area (Å²) < 4.78 is 10.5. The maximum Gasteiger partial charge on any atom is 0.413 e. The van der Waals surface area contributed by atoms with Crippen LogP contribution in [-0.2, 0) is 12.8 Å². The van der Waals surface area contributed by atoms with E-state index in [1.807, 2.05) is 37.3 Å². The number of ether oxygens (including phenoxy) is 1. The summed E-state index contributed by atoms with van der Waals surface area (Å²) in [6, 6.07) is 15.1. The number of aromatic nitrogens is 2. The van der Waals surface area contributed by atoms with E-state index in [9.17, 15) is 4.79 Å². The number of para-hydroxylation sites is 1. The van der Waals surface area contributed by atoms with Gasteiger partial charge in [-0.2, -0.15) is 4.98 Å². The summed E-state index contributed by atoms with van der Waals surface area (Å²) in [5.41, 5.74) is 3.23. The molecule has 6 heteroatoms. The van der Waals surface area contributed by atoms with Crippen molar-refractivity contribution in [2.24, 2.45) is 0 Å². The number of fused-ring (bicyclic) bond motifs is 1. The van der Waals surface area contributed by atoms with Crippen LogP contribution in [0.1, 0.15) is 36.4 Å². The Hall–Kier alpha value is -3.15. The molecule has 3 aromatic rings. The van der Waals surface area contributed by atoms with Gasteiger partial charge in [0.05, 0.1) is 6.04 Å². The molecule has 0 bridgehead atoms. The minimum absolute atomic E-state index is 0.0493. The number of aryl methyl sites for hydroxylation is 2. The fraction of sp³-hybridized carbons (Fsp3) is 0.250. The highest BCUT2D eigenvalue weighted by molar-refractivity contribution is 5.71. The topological polar surface area (TPSA) is 77.2 Å². The number of hydrogen-bond acceptors (Lipinski definition) is 5. The summed E-state index contributed by atoms with van der Waals surface area (Å²) in [5, 5.41) is 6.97. The Morgan fingerprint density at radius 3 is 2.88 bits per heavy atom. The zero-order chi connectivity index (χ0) is 17.9. The second-order valence-corrected chi connectivity index (χ2v) is 6.22. The zero-order valence-electron chi connectivity index (χ0n) is 14.4. The van der Waals surface area contributed by atoms with Gasteiger partial charge in [-0.3, -0.25) is 0 Å². The van der Waals surface area contributed by atoms with Crippen LogP contribution in [0.4, 0.5) is 4.79 Å². The van der Waals surface area contributed by atoms with Crippen molar-refractivity contribution in [3.63, 3.8) is 0 Å². The Morgan fingerprint density at radius 2 is 2.12 bits per heavy atom. The van der Waals surface area contributed by atoms with Gasteiger partial charge in [0, 0.05) is 12.0 Å². The third kappa shape index (κ3) is 3.31. The van der Waals surface area contributed by atoms with Crippen LogP contribution < -0.4 is 10.1 Å². The van der Waals surface area contributed by atoms with Gasteiger partial charge in [0.25, 0.3) is 0 Å². The summed E-state index contributed by atoms with van der Waals surface area (Å²) >= 11 is 0. The second-order valence-electron chi connectivity index (χ2n) is 6.22. The first kappa shape index (κ1) is 16.3. The minimum Gasteiger partial charge on any atom is -0.410 e. The lowest BCUT2D eigenvalue weighted by Gasteiger charge is -2.14. The molecule has 2 aromatic carbocycles. The van der Waals surface area contributed by atoms with Crippen molar-refractivity contribution in [2.75, 3.05) is 0 Å². The lowest BCUT2D eigenvalue weighted by atomic mass is 10.0. The highest BCUT2D eigenvalue weighted by Crippen LogP contribution is 2.33. The molecule has 0 radical (unpaired) electrons. The van der Waals surface area contributed by atoms with Crippen LogP contribution in [0.5, 0.6) is 5.75 Å². The number of hydrogen-bond donors (Lipinski definition) is 1. The van der Waals surface area contributed by atoms with Crippen molar-refractivity contribution in [1.82, 2.24) is 15.5 Å². The summed E-state index contributed by atoms with van der Waals surface area (Å²) in [5.74, 6) is 1.76. The van der Waals surface area contributed by atoms with E-state index in [0.717, 1.165) is 24.0 Å². The summed E-state index contributed by atoms with van der Waals surface area (Å²) in [7, 11) is 0. The van der Waals surface area contributed by atoms with Crippen LogP contribution in [0.3, 0.4) is 0 Å². The van der Waals surface area contributed by atoms with E-state index in [4.69, 9.17) is 9.26 Å². The highest BCUT2D eigenvalue weighted by Gasteiger charge is 2.25. The summed E-state index contributed by atoms with van der Waals surface area (Å²) in [6.45, 7) is 1.98. The van der Waals surface area contributed by atoms with E-state index < -0.39 is 6.09 Å². The molecule has 0 saturated carbocycles. The van der Waals surface area contributed by atoms with Gasteiger partial charge in [-0.25, -0.2) is 4.79 Å². The molecule has 0 unspecified atom stereocenters. The molecule has 1 aliphatic rings. The first-order valence-corrected chi connectivity index (χ1v) is 8.72. The molecule has 6 nitrogen and oxygen atoms in total. The number of amides is 1. The van der Waals surface area contributed by atoms with Crippen LogP contribution in [0.2, 0.25) is 0 Å². The molecule has 1 heterocycles. The van der Waals surface area contributed by atoms with Crippen LogP contribution in [0, 0.1) is 0 Å². The largest absolute Gasteiger partial charge is 0.413 e. The maximum absolute atomic E-state index is 12.1. The Balaban J connectivity index is 1.47. The first-order valence-electron chi connectivity index (χ1n) is 8.72. The molecule has 132 valence electrons. The minimum atomic E-state index is -0.441. The Kier molecular flexibility index (Phi) is 4.39. The van der Waals surface area contributed by atoms with E-state index in [-0.39, 0.29) is 6.04 Å². The van der Waals surface area contributed by atoms with Gasteiger partial charge in [-0.1, -0.05) is 42.4 Å². The Morgan fingerprint density at radius 1 is 1.27 bits per heavy atom. The molecular formula is C20H19N3O3. The van der Waals surface area contributed by atoms with Crippen molar-refractivity contribution >= 4 is 6.09 Å². The zero-order valence-corrected chi connectivity index (χ0v) is 14.4. The van der Waals surface area contributed by atoms with E-state index in [1.54, 1.807) is 12.1 Å². The fourth-order valence-electron chi connectivity index (χ4n) is 3.19. The quantitative estimate of drug-likeness (QED) is 0.768. The molecule has 0 aliphatic heterocycles. The molecule has 1 atom stereocenters. The highest BCUT2D eigenvalue weighted by atomic mass is 16.6. The molecule has 1 amide bonds. The van der Waals surface area contributed by atoms with Crippen molar-refractivity contribution < 1.29 is 14.1 Å². The normalized spacial score (nSPS) is 15.5. The van der Waals surface area contributed by atoms with Gasteiger partial charge in [0.1, 0.15) is 5.75 Å². The summed E-state index contributed by atoms with van der Waals surface area (Å²) in [4.78, 5) is 16.5. The number of nitrogens with zero attached hydrogens (tertiary/aromatic N) is 2. The molecule has 1 aromatic heterocycles. The second kappa shape index (κ2) is 7.00. The van der Waals surface area contributed by atoms with Gasteiger partial charge >= 0.3 is 6.09 Å². The van der Waals surface area contributed by atoms with Crippen molar-refractivity contribution in [1.29, 1.82) is 0 Å². The van der Waals surface area contributed by atoms with Gasteiger partial charge in [0.2, 0.25) is 11.7 Å². The average molecular weight is 349 g/mol. The van der Waals surface area contributed by atoms with Gasteiger partial charge < -0.3 is 14.6 Å². The van der Waals surface area contributed by atoms with Crippen LogP contribution >= 0.6 is 0 Å². The van der Waals surface area contributed by atoms with E-state index in [0.29, 0.717) is 23.9 Å². The van der Waals surface area contributed by atoms with Crippen LogP contribution in [-0.4, -0.2) is 16.2 Å². The van der Waals surface area contributed by atoms with Crippen molar-refractivity contribution in [2.45, 2.75) is 32.2 Å². The molecule has 1 aliphatic carbocycles. The van der Waals surface area contributed by atoms with Crippen molar-refractivity contribution in [3.05, 3.63) is 65.5 Å². The smallest absolute Gasteiger partial charge is 0.410 e. The van der Waals surface area contributed by atoms with Gasteiger partial charge in [0.15, 0.2) is 0 Å². The average Bonchev–Trinajstić information content (AvgIpc) is 3.29. The molecule has 4 rings (SSSR count). The molecule has 0 saturated heterocycles. The molecule has 0 fully saturated rings. The van der Waals surface area contributed by atoms with Crippen LogP contribution in [0.15, 0.2) is 53.1 Å². The maximum atomic E-state index is 12.1. The number of benzene rings is 2. The first-order chi connectivity index (χ1) is 12.7. The van der Waals surface area contributed by atoms with Gasteiger partial charge in [-0.15, -0.1) is 0 Å². The van der Waals surface area contributed by atoms with E-state index in [2.05, 4.69) is 21.5 Å². The number of carbonyl (C=O) groups excluding carboxylic acids is 1. The number of rotatable bonds is 4. The lowest BCUT2D eigenvalue weighted by Crippen LogP contribution is -2.29. The fourth-order valence-corrected chi connectivity index (χ4v) is 3.19. The Labute approximate surface area is 151 Å². The molecule has 0 spiro atoms. The number of carbonyl (C=O) groups is 1. The Bertz CT molecular complexity index is 921. The van der Waals surface area contributed by atoms with E-state index >= 15 is 0 Å². The van der Waals surface area contributed by atoms with Gasteiger partial charge in [-0.05, 0) is 42.2 Å². The van der Waals surface area contributed by atoms with E-state index in [1.165, 1.54) is 5.56 Å². The SMILES string of the molecule is CCc1nc(-c2ccc3c(c2)CC[C@H]3NC(=O)Oc2ccccc2)no1. The predicted octanol–water partition coefficient (Wildman–Crippen LogP) is 4.07. The standard InChI is InChI=1S/C20H19N3O3/c1-2-18-22-19(23-26-18)14-8-10-16-13(12-14)9-11-17(16)21-20(24)25-15-6-4-3-5-7-15/h3-8,10,12,17H,2,9,11H2,1H3,(H,21,24)/t17-/m1/s1. The molecule has 26 heavy (non-hydrogen) atoms. The summed E-state index contributed by atoms with van der Waals surface area (Å²) in [6.07, 6.45) is 2.00. The predicted molar refractivity (Wildman–Crippen MR) is 95.8 cm³/mol. The molecular weight excluding hydrogens is 330 g/mol. The molecule has 1 N–H and O–H groups in total. The third-order valence-corrected chi connectivity index (χ3v) is 4.50. The monoisotopic (exact) mass is 349 g/mol. The number of nitrogens with one attached hydrogen (secondary N) is 1.